The number of nitrogens with zero attached hydrogens (tertiary/aromatic N) is 3. The molecule has 0 aliphatic heterocycles. The molecular formula is C21H22FN5O2S. The zero-order chi connectivity index (χ0) is 21.5. The highest BCUT2D eigenvalue weighted by atomic mass is 32.2. The summed E-state index contributed by atoms with van der Waals surface area (Å²) in [4.78, 5) is 24.4. The Kier molecular flexibility index (Phi) is 7.18. The Morgan fingerprint density at radius 3 is 2.60 bits per heavy atom. The molecule has 9 heteroatoms. The number of thioether (sulfide) groups is 1. The van der Waals surface area contributed by atoms with Crippen molar-refractivity contribution < 1.29 is 14.0 Å². The molecule has 2 N–H and O–H groups in total. The molecule has 0 atom stereocenters. The van der Waals surface area contributed by atoms with Gasteiger partial charge in [-0.05, 0) is 55.8 Å². The predicted octanol–water partition coefficient (Wildman–Crippen LogP) is 3.41. The van der Waals surface area contributed by atoms with E-state index in [2.05, 4.69) is 20.8 Å². The maximum atomic E-state index is 13.0. The van der Waals surface area contributed by atoms with Crippen molar-refractivity contribution in [1.82, 2.24) is 20.1 Å². The molecule has 0 saturated carbocycles. The summed E-state index contributed by atoms with van der Waals surface area (Å²) in [6, 6.07) is 12.9. The molecule has 156 valence electrons. The van der Waals surface area contributed by atoms with E-state index in [9.17, 15) is 14.0 Å². The molecule has 0 aliphatic carbocycles. The van der Waals surface area contributed by atoms with Crippen LogP contribution in [0.3, 0.4) is 0 Å². The molecule has 3 rings (SSSR count). The summed E-state index contributed by atoms with van der Waals surface area (Å²) in [5.74, 6) is -0.0941. The van der Waals surface area contributed by atoms with Gasteiger partial charge >= 0.3 is 0 Å². The predicted molar refractivity (Wildman–Crippen MR) is 114 cm³/mol. The molecule has 0 aliphatic rings. The second-order valence-corrected chi connectivity index (χ2v) is 7.48. The van der Waals surface area contributed by atoms with Gasteiger partial charge in [-0.15, -0.1) is 10.2 Å². The second-order valence-electron chi connectivity index (χ2n) is 6.54. The molecule has 7 nitrogen and oxygen atoms in total. The summed E-state index contributed by atoms with van der Waals surface area (Å²) in [5, 5.41) is 14.5. The second kappa shape index (κ2) is 10.0. The highest BCUT2D eigenvalue weighted by Crippen LogP contribution is 2.18. The summed E-state index contributed by atoms with van der Waals surface area (Å²) in [6.07, 6.45) is 0. The molecule has 0 bridgehead atoms. The third-order valence-electron chi connectivity index (χ3n) is 4.26. The monoisotopic (exact) mass is 427 g/mol. The van der Waals surface area contributed by atoms with Crippen molar-refractivity contribution in [1.29, 1.82) is 0 Å². The summed E-state index contributed by atoms with van der Waals surface area (Å²) < 4.78 is 14.8. The molecule has 1 heterocycles. The number of aryl methyl sites for hydroxylation is 1. The number of hydrogen-bond donors (Lipinski definition) is 2. The number of hydrogen-bond acceptors (Lipinski definition) is 5. The number of aromatic nitrogens is 3. The average molecular weight is 428 g/mol. The lowest BCUT2D eigenvalue weighted by atomic mass is 10.2. The van der Waals surface area contributed by atoms with E-state index in [0.29, 0.717) is 23.1 Å². The van der Waals surface area contributed by atoms with Crippen molar-refractivity contribution in [3.05, 3.63) is 71.3 Å². The van der Waals surface area contributed by atoms with Gasteiger partial charge in [0.25, 0.3) is 5.91 Å². The van der Waals surface area contributed by atoms with Crippen molar-refractivity contribution in [2.45, 2.75) is 32.1 Å². The maximum absolute atomic E-state index is 13.0. The summed E-state index contributed by atoms with van der Waals surface area (Å²) in [6.45, 7) is 4.67. The zero-order valence-electron chi connectivity index (χ0n) is 16.7. The smallest absolute Gasteiger partial charge is 0.251 e. The minimum Gasteiger partial charge on any atom is -0.345 e. The van der Waals surface area contributed by atoms with Crippen LogP contribution in [0.4, 0.5) is 10.1 Å². The van der Waals surface area contributed by atoms with E-state index in [1.165, 1.54) is 36.0 Å². The Balaban J connectivity index is 1.56. The molecule has 2 aromatic carbocycles. The van der Waals surface area contributed by atoms with Crippen LogP contribution in [0.2, 0.25) is 0 Å². The van der Waals surface area contributed by atoms with E-state index in [-0.39, 0.29) is 24.1 Å². The van der Waals surface area contributed by atoms with Crippen molar-refractivity contribution in [3.63, 3.8) is 0 Å². The fourth-order valence-electron chi connectivity index (χ4n) is 2.79. The topological polar surface area (TPSA) is 88.9 Å². The third-order valence-corrected chi connectivity index (χ3v) is 5.22. The van der Waals surface area contributed by atoms with Crippen LogP contribution in [-0.4, -0.2) is 32.3 Å². The number of halogens is 1. The van der Waals surface area contributed by atoms with E-state index < -0.39 is 5.82 Å². The van der Waals surface area contributed by atoms with Crippen molar-refractivity contribution in [3.8, 4) is 0 Å². The molecule has 30 heavy (non-hydrogen) atoms. The fraction of sp³-hybridized carbons (Fsp3) is 0.238. The first kappa shape index (κ1) is 21.5. The van der Waals surface area contributed by atoms with Crippen LogP contribution in [0.15, 0.2) is 53.7 Å². The number of nitrogens with one attached hydrogen (secondary N) is 2. The molecule has 1 aromatic heterocycles. The van der Waals surface area contributed by atoms with Gasteiger partial charge in [0.05, 0.1) is 12.3 Å². The van der Waals surface area contributed by atoms with Crippen LogP contribution in [0.25, 0.3) is 0 Å². The number of anilines is 1. The maximum Gasteiger partial charge on any atom is 0.251 e. The van der Waals surface area contributed by atoms with Crippen molar-refractivity contribution >= 4 is 29.3 Å². The first-order valence-corrected chi connectivity index (χ1v) is 10.4. The quantitative estimate of drug-likeness (QED) is 0.538. The SMILES string of the molecule is CCn1c(CNC(=O)c2ccc(F)cc2)nnc1SCC(=O)Nc1cccc(C)c1. The van der Waals surface area contributed by atoms with Crippen molar-refractivity contribution in [2.24, 2.45) is 0 Å². The normalized spacial score (nSPS) is 10.6. The van der Waals surface area contributed by atoms with Gasteiger partial charge in [0, 0.05) is 17.8 Å². The number of carbonyl (C=O) groups excluding carboxylic acids is 2. The van der Waals surface area contributed by atoms with Gasteiger partial charge in [0.1, 0.15) is 5.82 Å². The van der Waals surface area contributed by atoms with Crippen LogP contribution in [-0.2, 0) is 17.9 Å². The number of rotatable bonds is 8. The van der Waals surface area contributed by atoms with Crippen LogP contribution in [0, 0.1) is 12.7 Å². The minimum atomic E-state index is -0.398. The minimum absolute atomic E-state index is 0.137. The number of carbonyl (C=O) groups is 2. The van der Waals surface area contributed by atoms with Gasteiger partial charge < -0.3 is 15.2 Å². The number of benzene rings is 2. The lowest BCUT2D eigenvalue weighted by Crippen LogP contribution is -2.24. The summed E-state index contributed by atoms with van der Waals surface area (Å²) in [7, 11) is 0. The van der Waals surface area contributed by atoms with E-state index in [0.717, 1.165) is 11.3 Å². The average Bonchev–Trinajstić information content (AvgIpc) is 3.13. The highest BCUT2D eigenvalue weighted by molar-refractivity contribution is 7.99. The van der Waals surface area contributed by atoms with Crippen molar-refractivity contribution in [2.75, 3.05) is 11.1 Å². The van der Waals surface area contributed by atoms with Gasteiger partial charge in [-0.3, -0.25) is 9.59 Å². The van der Waals surface area contributed by atoms with Gasteiger partial charge in [-0.1, -0.05) is 23.9 Å². The third kappa shape index (κ3) is 5.66. The van der Waals surface area contributed by atoms with E-state index >= 15 is 0 Å². The van der Waals surface area contributed by atoms with E-state index in [1.807, 2.05) is 42.7 Å². The van der Waals surface area contributed by atoms with Gasteiger partial charge in [-0.25, -0.2) is 4.39 Å². The van der Waals surface area contributed by atoms with Crippen LogP contribution >= 0.6 is 11.8 Å². The molecule has 3 aromatic rings. The summed E-state index contributed by atoms with van der Waals surface area (Å²) >= 11 is 1.28. The molecule has 0 spiro atoms. The van der Waals surface area contributed by atoms with Gasteiger partial charge in [0.15, 0.2) is 11.0 Å². The van der Waals surface area contributed by atoms with Crippen LogP contribution < -0.4 is 10.6 Å². The largest absolute Gasteiger partial charge is 0.345 e. The molecule has 0 unspecified atom stereocenters. The zero-order valence-corrected chi connectivity index (χ0v) is 17.5. The number of amides is 2. The Morgan fingerprint density at radius 2 is 1.90 bits per heavy atom. The fourth-order valence-corrected chi connectivity index (χ4v) is 3.61. The molecule has 0 radical (unpaired) electrons. The standard InChI is InChI=1S/C21H22FN5O2S/c1-3-27-18(12-23-20(29)15-7-9-16(22)10-8-15)25-26-21(27)30-13-19(28)24-17-6-4-5-14(2)11-17/h4-11H,3,12-13H2,1-2H3,(H,23,29)(H,24,28). The Bertz CT molecular complexity index is 1040. The van der Waals surface area contributed by atoms with Gasteiger partial charge in [-0.2, -0.15) is 0 Å². The molecule has 0 fully saturated rings. The van der Waals surface area contributed by atoms with Gasteiger partial charge in [0.2, 0.25) is 5.91 Å². The molecule has 0 saturated heterocycles. The van der Waals surface area contributed by atoms with Crippen LogP contribution in [0.1, 0.15) is 28.7 Å². The summed E-state index contributed by atoms with van der Waals surface area (Å²) in [5.41, 5.74) is 2.18. The lowest BCUT2D eigenvalue weighted by Gasteiger charge is -2.09. The molecule has 2 amide bonds. The first-order chi connectivity index (χ1) is 14.5. The Hall–Kier alpha value is -3.20. The highest BCUT2D eigenvalue weighted by Gasteiger charge is 2.14. The lowest BCUT2D eigenvalue weighted by molar-refractivity contribution is -0.113. The van der Waals surface area contributed by atoms with E-state index in [4.69, 9.17) is 0 Å². The molecular weight excluding hydrogens is 405 g/mol. The van der Waals surface area contributed by atoms with Crippen LogP contribution in [0.5, 0.6) is 0 Å². The first-order valence-electron chi connectivity index (χ1n) is 9.41. The Labute approximate surface area is 178 Å². The van der Waals surface area contributed by atoms with E-state index in [1.54, 1.807) is 0 Å². The Morgan fingerprint density at radius 1 is 1.13 bits per heavy atom.